The number of rotatable bonds is 5. The molecule has 0 aliphatic rings. The van der Waals surface area contributed by atoms with Crippen molar-refractivity contribution in [1.29, 1.82) is 0 Å². The minimum Gasteiger partial charge on any atom is -0.293 e. The van der Waals surface area contributed by atoms with Crippen LogP contribution in [-0.2, 0) is 0 Å². The van der Waals surface area contributed by atoms with Gasteiger partial charge in [0.15, 0.2) is 10.9 Å². The standard InChI is InChI=1S/C24H19ClN2O2S/c1-15-11-12-16(2)18(13-15)22(28)14-30-24-26-20-9-5-3-7-17(20)23(29)27(24)21-10-6-4-8-19(21)25/h3-13H,14H2,1-2H3. The normalized spacial score (nSPS) is 11.0. The number of halogens is 1. The van der Waals surface area contributed by atoms with Crippen LogP contribution in [0.4, 0.5) is 0 Å². The van der Waals surface area contributed by atoms with Gasteiger partial charge in [0.05, 0.1) is 27.4 Å². The summed E-state index contributed by atoms with van der Waals surface area (Å²) < 4.78 is 1.49. The van der Waals surface area contributed by atoms with Crippen LogP contribution in [0.25, 0.3) is 16.6 Å². The number of aryl methyl sites for hydroxylation is 2. The second kappa shape index (κ2) is 8.46. The number of ketones is 1. The number of hydrogen-bond donors (Lipinski definition) is 0. The second-order valence-electron chi connectivity index (χ2n) is 7.03. The SMILES string of the molecule is Cc1ccc(C)c(C(=O)CSc2nc3ccccc3c(=O)n2-c2ccccc2Cl)c1. The van der Waals surface area contributed by atoms with Crippen LogP contribution in [0.5, 0.6) is 0 Å². The Morgan fingerprint density at radius 1 is 1.03 bits per heavy atom. The first-order valence-corrected chi connectivity index (χ1v) is 10.8. The summed E-state index contributed by atoms with van der Waals surface area (Å²) >= 11 is 7.63. The maximum absolute atomic E-state index is 13.3. The van der Waals surface area contributed by atoms with Crippen molar-refractivity contribution in [3.8, 4) is 5.69 Å². The number of carbonyl (C=O) groups is 1. The monoisotopic (exact) mass is 434 g/mol. The fourth-order valence-corrected chi connectivity index (χ4v) is 4.41. The Morgan fingerprint density at radius 3 is 2.57 bits per heavy atom. The van der Waals surface area contributed by atoms with Crippen molar-refractivity contribution in [2.45, 2.75) is 19.0 Å². The van der Waals surface area contributed by atoms with Crippen LogP contribution in [0.15, 0.2) is 76.7 Å². The smallest absolute Gasteiger partial charge is 0.266 e. The van der Waals surface area contributed by atoms with Gasteiger partial charge in [0, 0.05) is 5.56 Å². The highest BCUT2D eigenvalue weighted by atomic mass is 35.5. The molecule has 0 radical (unpaired) electrons. The van der Waals surface area contributed by atoms with E-state index in [-0.39, 0.29) is 17.1 Å². The largest absolute Gasteiger partial charge is 0.293 e. The Kier molecular flexibility index (Phi) is 5.75. The number of para-hydroxylation sites is 2. The molecule has 0 unspecified atom stereocenters. The molecule has 4 rings (SSSR count). The first-order chi connectivity index (χ1) is 14.5. The zero-order chi connectivity index (χ0) is 21.3. The van der Waals surface area contributed by atoms with Crippen LogP contribution in [0.1, 0.15) is 21.5 Å². The molecule has 0 atom stereocenters. The van der Waals surface area contributed by atoms with Gasteiger partial charge in [-0.1, -0.05) is 65.3 Å². The summed E-state index contributed by atoms with van der Waals surface area (Å²) in [7, 11) is 0. The molecule has 1 heterocycles. The molecule has 150 valence electrons. The van der Waals surface area contributed by atoms with E-state index < -0.39 is 0 Å². The van der Waals surface area contributed by atoms with Crippen molar-refractivity contribution in [3.63, 3.8) is 0 Å². The third kappa shape index (κ3) is 3.91. The molecule has 6 heteroatoms. The Hall–Kier alpha value is -2.89. The van der Waals surface area contributed by atoms with Gasteiger partial charge >= 0.3 is 0 Å². The number of fused-ring (bicyclic) bond motifs is 1. The van der Waals surface area contributed by atoms with E-state index in [0.29, 0.717) is 32.3 Å². The van der Waals surface area contributed by atoms with Gasteiger partial charge in [0.2, 0.25) is 0 Å². The molecule has 0 spiro atoms. The zero-order valence-electron chi connectivity index (χ0n) is 16.6. The van der Waals surface area contributed by atoms with Gasteiger partial charge < -0.3 is 0 Å². The van der Waals surface area contributed by atoms with Crippen molar-refractivity contribution in [2.24, 2.45) is 0 Å². The summed E-state index contributed by atoms with van der Waals surface area (Å²) in [5.74, 6) is 0.161. The molecule has 0 aliphatic heterocycles. The number of benzene rings is 3. The molecule has 3 aromatic carbocycles. The fourth-order valence-electron chi connectivity index (χ4n) is 3.30. The van der Waals surface area contributed by atoms with Crippen molar-refractivity contribution >= 4 is 40.0 Å². The van der Waals surface area contributed by atoms with Crippen LogP contribution in [0.3, 0.4) is 0 Å². The van der Waals surface area contributed by atoms with Gasteiger partial charge in [-0.05, 0) is 49.7 Å². The van der Waals surface area contributed by atoms with E-state index in [2.05, 4.69) is 4.98 Å². The maximum atomic E-state index is 13.3. The topological polar surface area (TPSA) is 52.0 Å². The second-order valence-corrected chi connectivity index (χ2v) is 8.38. The summed E-state index contributed by atoms with van der Waals surface area (Å²) in [5, 5.41) is 1.38. The lowest BCUT2D eigenvalue weighted by atomic mass is 10.0. The molecule has 0 saturated carbocycles. The molecular weight excluding hydrogens is 416 g/mol. The zero-order valence-corrected chi connectivity index (χ0v) is 18.1. The highest BCUT2D eigenvalue weighted by molar-refractivity contribution is 7.99. The summed E-state index contributed by atoms with van der Waals surface area (Å²) in [6, 6.07) is 20.1. The van der Waals surface area contributed by atoms with Gasteiger partial charge in [0.25, 0.3) is 5.56 Å². The number of Topliss-reactive ketones (excluding diaryl/α,β-unsaturated/α-hetero) is 1. The van der Waals surface area contributed by atoms with Crippen LogP contribution >= 0.6 is 23.4 Å². The van der Waals surface area contributed by atoms with E-state index in [1.54, 1.807) is 30.3 Å². The molecule has 4 nitrogen and oxygen atoms in total. The molecule has 0 amide bonds. The first kappa shape index (κ1) is 20.4. The molecule has 0 aliphatic carbocycles. The van der Waals surface area contributed by atoms with E-state index in [9.17, 15) is 9.59 Å². The minimum atomic E-state index is -0.213. The van der Waals surface area contributed by atoms with Crippen LogP contribution in [0, 0.1) is 13.8 Å². The van der Waals surface area contributed by atoms with Gasteiger partial charge in [-0.2, -0.15) is 0 Å². The third-order valence-electron chi connectivity index (χ3n) is 4.86. The number of nitrogens with zero attached hydrogens (tertiary/aromatic N) is 2. The Bertz CT molecular complexity index is 1330. The summed E-state index contributed by atoms with van der Waals surface area (Å²) in [4.78, 5) is 30.8. The van der Waals surface area contributed by atoms with Gasteiger partial charge in [-0.15, -0.1) is 0 Å². The molecule has 0 N–H and O–H groups in total. The van der Waals surface area contributed by atoms with E-state index >= 15 is 0 Å². The Labute approximate surface area is 183 Å². The highest BCUT2D eigenvalue weighted by Crippen LogP contribution is 2.26. The lowest BCUT2D eigenvalue weighted by molar-refractivity contribution is 0.102. The minimum absolute atomic E-state index is 0.00526. The van der Waals surface area contributed by atoms with Crippen molar-refractivity contribution < 1.29 is 4.79 Å². The average molecular weight is 435 g/mol. The molecule has 0 bridgehead atoms. The maximum Gasteiger partial charge on any atom is 0.266 e. The van der Waals surface area contributed by atoms with E-state index in [4.69, 9.17) is 11.6 Å². The van der Waals surface area contributed by atoms with E-state index in [1.165, 1.54) is 16.3 Å². The Balaban J connectivity index is 1.79. The quantitative estimate of drug-likeness (QED) is 0.232. The predicted octanol–water partition coefficient (Wildman–Crippen LogP) is 5.63. The molecule has 1 aromatic heterocycles. The molecule has 0 fully saturated rings. The average Bonchev–Trinajstić information content (AvgIpc) is 2.75. The van der Waals surface area contributed by atoms with E-state index in [1.807, 2.05) is 50.2 Å². The van der Waals surface area contributed by atoms with Crippen LogP contribution < -0.4 is 5.56 Å². The number of thioether (sulfide) groups is 1. The third-order valence-corrected chi connectivity index (χ3v) is 6.12. The molecule has 4 aromatic rings. The fraction of sp³-hybridized carbons (Fsp3) is 0.125. The summed E-state index contributed by atoms with van der Waals surface area (Å²) in [6.07, 6.45) is 0. The number of carbonyl (C=O) groups excluding carboxylic acids is 1. The summed E-state index contributed by atoms with van der Waals surface area (Å²) in [6.45, 7) is 3.88. The number of aromatic nitrogens is 2. The molecule has 30 heavy (non-hydrogen) atoms. The highest BCUT2D eigenvalue weighted by Gasteiger charge is 2.17. The Morgan fingerprint density at radius 2 is 1.77 bits per heavy atom. The van der Waals surface area contributed by atoms with Crippen molar-refractivity contribution in [1.82, 2.24) is 9.55 Å². The molecular formula is C24H19ClN2O2S. The first-order valence-electron chi connectivity index (χ1n) is 9.45. The van der Waals surface area contributed by atoms with Crippen molar-refractivity contribution in [3.05, 3.63) is 98.8 Å². The van der Waals surface area contributed by atoms with Gasteiger partial charge in [-0.25, -0.2) is 4.98 Å². The van der Waals surface area contributed by atoms with Crippen molar-refractivity contribution in [2.75, 3.05) is 5.75 Å². The lowest BCUT2D eigenvalue weighted by Gasteiger charge is -2.14. The predicted molar refractivity (Wildman–Crippen MR) is 123 cm³/mol. The van der Waals surface area contributed by atoms with Gasteiger partial charge in [0.1, 0.15) is 0 Å². The lowest BCUT2D eigenvalue weighted by Crippen LogP contribution is -2.22. The summed E-state index contributed by atoms with van der Waals surface area (Å²) in [5.41, 5.74) is 3.58. The van der Waals surface area contributed by atoms with E-state index in [0.717, 1.165) is 11.1 Å². The van der Waals surface area contributed by atoms with Gasteiger partial charge in [-0.3, -0.25) is 14.2 Å². The van der Waals surface area contributed by atoms with Crippen LogP contribution in [-0.4, -0.2) is 21.1 Å². The molecule has 0 saturated heterocycles. The number of hydrogen-bond acceptors (Lipinski definition) is 4. The van der Waals surface area contributed by atoms with Crippen LogP contribution in [0.2, 0.25) is 5.02 Å².